The van der Waals surface area contributed by atoms with Crippen LogP contribution in [0.2, 0.25) is 0 Å². The molecule has 0 aliphatic carbocycles. The molecule has 1 atom stereocenters. The van der Waals surface area contributed by atoms with Crippen LogP contribution in [0, 0.1) is 0 Å². The van der Waals surface area contributed by atoms with E-state index in [0.29, 0.717) is 19.4 Å². The first-order chi connectivity index (χ1) is 9.54. The average molecular weight is 282 g/mol. The molecule has 0 aliphatic rings. The lowest BCUT2D eigenvalue weighted by Crippen LogP contribution is -2.46. The van der Waals surface area contributed by atoms with E-state index in [1.54, 1.807) is 10.9 Å². The summed E-state index contributed by atoms with van der Waals surface area (Å²) in [5.41, 5.74) is 1.01. The van der Waals surface area contributed by atoms with Crippen molar-refractivity contribution in [1.29, 1.82) is 0 Å². The molecule has 0 aliphatic heterocycles. The van der Waals surface area contributed by atoms with Crippen molar-refractivity contribution >= 4 is 12.0 Å². The SMILES string of the molecule is CCCCC(NC(=O)NCCc1ccnn1C)C(=O)O. The number of rotatable bonds is 8. The number of nitrogens with one attached hydrogen (secondary N) is 2. The highest BCUT2D eigenvalue weighted by Gasteiger charge is 2.18. The maximum absolute atomic E-state index is 11.6. The summed E-state index contributed by atoms with van der Waals surface area (Å²) in [6.07, 6.45) is 4.46. The topological polar surface area (TPSA) is 96.3 Å². The number of unbranched alkanes of at least 4 members (excludes halogenated alkanes) is 1. The number of hydrogen-bond donors (Lipinski definition) is 3. The van der Waals surface area contributed by atoms with Crippen LogP contribution in [0.15, 0.2) is 12.3 Å². The maximum atomic E-state index is 11.6. The third-order valence-electron chi connectivity index (χ3n) is 3.04. The standard InChI is InChI=1S/C13H22N4O3/c1-3-4-5-11(12(18)19)16-13(20)14-8-6-10-7-9-15-17(10)2/h7,9,11H,3-6,8H2,1-2H3,(H,18,19)(H2,14,16,20). The van der Waals surface area contributed by atoms with E-state index in [9.17, 15) is 9.59 Å². The van der Waals surface area contributed by atoms with E-state index in [4.69, 9.17) is 5.11 Å². The summed E-state index contributed by atoms with van der Waals surface area (Å²) >= 11 is 0. The molecular weight excluding hydrogens is 260 g/mol. The molecule has 0 saturated heterocycles. The van der Waals surface area contributed by atoms with Crippen LogP contribution >= 0.6 is 0 Å². The summed E-state index contributed by atoms with van der Waals surface area (Å²) in [5.74, 6) is -1.000. The number of nitrogens with zero attached hydrogens (tertiary/aromatic N) is 2. The molecule has 0 aromatic carbocycles. The van der Waals surface area contributed by atoms with Gasteiger partial charge in [-0.3, -0.25) is 4.68 Å². The van der Waals surface area contributed by atoms with Crippen LogP contribution in [0.4, 0.5) is 4.79 Å². The van der Waals surface area contributed by atoms with Gasteiger partial charge in [-0.05, 0) is 12.5 Å². The molecule has 2 amide bonds. The van der Waals surface area contributed by atoms with Crippen LogP contribution in [-0.4, -0.2) is 39.5 Å². The van der Waals surface area contributed by atoms with Gasteiger partial charge in [-0.2, -0.15) is 5.10 Å². The largest absolute Gasteiger partial charge is 0.480 e. The number of aromatic nitrogens is 2. The van der Waals surface area contributed by atoms with Gasteiger partial charge in [0.25, 0.3) is 0 Å². The lowest BCUT2D eigenvalue weighted by molar-refractivity contribution is -0.139. The summed E-state index contributed by atoms with van der Waals surface area (Å²) in [7, 11) is 1.83. The third-order valence-corrected chi connectivity index (χ3v) is 3.04. The molecule has 1 heterocycles. The van der Waals surface area contributed by atoms with Crippen molar-refractivity contribution in [3.05, 3.63) is 18.0 Å². The van der Waals surface area contributed by atoms with E-state index in [2.05, 4.69) is 15.7 Å². The summed E-state index contributed by atoms with van der Waals surface area (Å²) in [6.45, 7) is 2.42. The Morgan fingerprint density at radius 3 is 2.80 bits per heavy atom. The molecule has 0 radical (unpaired) electrons. The molecule has 3 N–H and O–H groups in total. The van der Waals surface area contributed by atoms with E-state index in [1.165, 1.54) is 0 Å². The van der Waals surface area contributed by atoms with Gasteiger partial charge in [0.1, 0.15) is 6.04 Å². The molecular formula is C13H22N4O3. The molecule has 0 spiro atoms. The zero-order valence-electron chi connectivity index (χ0n) is 11.9. The Balaban J connectivity index is 2.31. The van der Waals surface area contributed by atoms with Crippen LogP contribution in [0.5, 0.6) is 0 Å². The highest BCUT2D eigenvalue weighted by atomic mass is 16.4. The van der Waals surface area contributed by atoms with Gasteiger partial charge < -0.3 is 15.7 Å². The number of carboxylic acid groups (broad SMARTS) is 1. The highest BCUT2D eigenvalue weighted by Crippen LogP contribution is 2.01. The van der Waals surface area contributed by atoms with Gasteiger partial charge in [-0.15, -0.1) is 0 Å². The smallest absolute Gasteiger partial charge is 0.326 e. The number of aryl methyl sites for hydroxylation is 1. The molecule has 1 aromatic rings. The Hall–Kier alpha value is -2.05. The van der Waals surface area contributed by atoms with Crippen molar-refractivity contribution in [3.63, 3.8) is 0 Å². The van der Waals surface area contributed by atoms with Crippen molar-refractivity contribution in [2.45, 2.75) is 38.6 Å². The second kappa shape index (κ2) is 8.19. The molecule has 0 bridgehead atoms. The molecule has 7 heteroatoms. The van der Waals surface area contributed by atoms with E-state index < -0.39 is 18.0 Å². The molecule has 20 heavy (non-hydrogen) atoms. The monoisotopic (exact) mass is 282 g/mol. The lowest BCUT2D eigenvalue weighted by atomic mass is 10.1. The average Bonchev–Trinajstić information content (AvgIpc) is 2.80. The second-order valence-corrected chi connectivity index (χ2v) is 4.63. The fourth-order valence-corrected chi connectivity index (χ4v) is 1.83. The van der Waals surface area contributed by atoms with Crippen molar-refractivity contribution in [3.8, 4) is 0 Å². The first-order valence-electron chi connectivity index (χ1n) is 6.78. The number of carboxylic acids is 1. The third kappa shape index (κ3) is 5.29. The lowest BCUT2D eigenvalue weighted by Gasteiger charge is -2.14. The summed E-state index contributed by atoms with van der Waals surface area (Å²) in [6, 6.07) is 0.600. The number of aliphatic carboxylic acids is 1. The zero-order valence-corrected chi connectivity index (χ0v) is 11.9. The number of amides is 2. The van der Waals surface area contributed by atoms with Gasteiger partial charge in [-0.25, -0.2) is 9.59 Å². The van der Waals surface area contributed by atoms with Crippen LogP contribution in [0.1, 0.15) is 31.9 Å². The zero-order chi connectivity index (χ0) is 15.0. The van der Waals surface area contributed by atoms with Gasteiger partial charge >= 0.3 is 12.0 Å². The molecule has 1 unspecified atom stereocenters. The Morgan fingerprint density at radius 1 is 1.50 bits per heavy atom. The Morgan fingerprint density at radius 2 is 2.25 bits per heavy atom. The molecule has 112 valence electrons. The van der Waals surface area contributed by atoms with Crippen LogP contribution in [0.25, 0.3) is 0 Å². The second-order valence-electron chi connectivity index (χ2n) is 4.63. The first kappa shape index (κ1) is 16.0. The minimum absolute atomic E-state index is 0.436. The van der Waals surface area contributed by atoms with E-state index in [0.717, 1.165) is 18.5 Å². The van der Waals surface area contributed by atoms with E-state index >= 15 is 0 Å². The molecule has 7 nitrogen and oxygen atoms in total. The van der Waals surface area contributed by atoms with Crippen molar-refractivity contribution in [2.24, 2.45) is 7.05 Å². The number of carbonyl (C=O) groups is 2. The van der Waals surface area contributed by atoms with Gasteiger partial charge in [-0.1, -0.05) is 19.8 Å². The van der Waals surface area contributed by atoms with Crippen LogP contribution in [0.3, 0.4) is 0 Å². The predicted octanol–water partition coefficient (Wildman–Crippen LogP) is 0.905. The molecule has 0 fully saturated rings. The van der Waals surface area contributed by atoms with Crippen molar-refractivity contribution < 1.29 is 14.7 Å². The normalized spacial score (nSPS) is 11.9. The fraction of sp³-hybridized carbons (Fsp3) is 0.615. The van der Waals surface area contributed by atoms with Crippen LogP contribution < -0.4 is 10.6 Å². The minimum Gasteiger partial charge on any atom is -0.480 e. The minimum atomic E-state index is -1.000. The summed E-state index contributed by atoms with van der Waals surface area (Å²) in [4.78, 5) is 22.6. The van der Waals surface area contributed by atoms with Crippen molar-refractivity contribution in [1.82, 2.24) is 20.4 Å². The van der Waals surface area contributed by atoms with E-state index in [1.807, 2.05) is 20.0 Å². The Kier molecular flexibility index (Phi) is 6.55. The number of urea groups is 1. The maximum Gasteiger partial charge on any atom is 0.326 e. The number of carbonyl (C=O) groups excluding carboxylic acids is 1. The van der Waals surface area contributed by atoms with Gasteiger partial charge in [0.15, 0.2) is 0 Å². The molecule has 1 aromatic heterocycles. The summed E-state index contributed by atoms with van der Waals surface area (Å²) < 4.78 is 1.74. The fourth-order valence-electron chi connectivity index (χ4n) is 1.83. The molecule has 0 saturated carbocycles. The highest BCUT2D eigenvalue weighted by molar-refractivity contribution is 5.82. The van der Waals surface area contributed by atoms with E-state index in [-0.39, 0.29) is 0 Å². The summed E-state index contributed by atoms with van der Waals surface area (Å²) in [5, 5.41) is 18.2. The predicted molar refractivity (Wildman–Crippen MR) is 74.4 cm³/mol. The number of hydrogen-bond acceptors (Lipinski definition) is 3. The molecule has 1 rings (SSSR count). The van der Waals surface area contributed by atoms with Gasteiger partial charge in [0.2, 0.25) is 0 Å². The van der Waals surface area contributed by atoms with Gasteiger partial charge in [0.05, 0.1) is 0 Å². The Labute approximate surface area is 118 Å². The first-order valence-corrected chi connectivity index (χ1v) is 6.78. The quantitative estimate of drug-likeness (QED) is 0.660. The van der Waals surface area contributed by atoms with Crippen molar-refractivity contribution in [2.75, 3.05) is 6.54 Å². The van der Waals surface area contributed by atoms with Gasteiger partial charge in [0, 0.05) is 31.9 Å². The van der Waals surface area contributed by atoms with Crippen LogP contribution in [-0.2, 0) is 18.3 Å². The Bertz CT molecular complexity index is 445.